The Kier molecular flexibility index (Phi) is 6.13. The molecule has 3 aromatic rings. The maximum atomic E-state index is 12.6. The summed E-state index contributed by atoms with van der Waals surface area (Å²) in [5.41, 5.74) is -0.666. The van der Waals surface area contributed by atoms with E-state index in [1.807, 2.05) is 0 Å². The number of carboxylic acids is 1. The van der Waals surface area contributed by atoms with Crippen LogP contribution in [0.5, 0.6) is 0 Å². The van der Waals surface area contributed by atoms with Crippen molar-refractivity contribution in [2.45, 2.75) is 8.42 Å². The van der Waals surface area contributed by atoms with Crippen molar-refractivity contribution in [1.82, 2.24) is 0 Å². The van der Waals surface area contributed by atoms with Crippen LogP contribution in [0, 0.1) is 0 Å². The quantitative estimate of drug-likeness (QED) is 0.429. The van der Waals surface area contributed by atoms with E-state index in [0.29, 0.717) is 0 Å². The predicted octanol–water partition coefficient (Wildman–Crippen LogP) is 4.42. The summed E-state index contributed by atoms with van der Waals surface area (Å²) >= 11 is 13.1. The number of thiophene rings is 2. The first-order valence-electron chi connectivity index (χ1n) is 7.41. The van der Waals surface area contributed by atoms with Crippen molar-refractivity contribution in [2.24, 2.45) is 0 Å². The van der Waals surface area contributed by atoms with Gasteiger partial charge in [-0.3, -0.25) is 9.44 Å². The van der Waals surface area contributed by atoms with Crippen molar-refractivity contribution in [3.63, 3.8) is 0 Å². The van der Waals surface area contributed by atoms with Crippen molar-refractivity contribution < 1.29 is 26.7 Å². The number of sulfonamides is 2. The average molecular weight is 513 g/mol. The standard InChI is InChI=1S/C15H10Cl2N2O6S4/c16-11-3-5-13(26-11)28(22,23)18-9-2-1-8(15(20)21)7-10(9)19-29(24,25)14-6-4-12(17)27-14/h1-7,18-19H,(H,20,21). The third-order valence-corrected chi connectivity index (χ3v) is 9.56. The van der Waals surface area contributed by atoms with E-state index in [0.717, 1.165) is 40.9 Å². The highest BCUT2D eigenvalue weighted by Crippen LogP contribution is 2.33. The number of nitrogens with one attached hydrogen (secondary N) is 2. The molecule has 14 heteroatoms. The van der Waals surface area contributed by atoms with Crippen LogP contribution in [0.2, 0.25) is 8.67 Å². The fourth-order valence-corrected chi connectivity index (χ4v) is 7.24. The highest BCUT2D eigenvalue weighted by molar-refractivity contribution is 7.95. The molecule has 0 aliphatic rings. The summed E-state index contributed by atoms with van der Waals surface area (Å²) in [5.74, 6) is -1.32. The minimum atomic E-state index is -4.14. The number of hydrogen-bond acceptors (Lipinski definition) is 7. The van der Waals surface area contributed by atoms with Crippen molar-refractivity contribution in [2.75, 3.05) is 9.44 Å². The van der Waals surface area contributed by atoms with Gasteiger partial charge >= 0.3 is 5.97 Å². The maximum Gasteiger partial charge on any atom is 0.335 e. The van der Waals surface area contributed by atoms with Gasteiger partial charge in [0.15, 0.2) is 0 Å². The zero-order chi connectivity index (χ0) is 21.4. The highest BCUT2D eigenvalue weighted by atomic mass is 35.5. The summed E-state index contributed by atoms with van der Waals surface area (Å²) in [4.78, 5) is 11.3. The van der Waals surface area contributed by atoms with Gasteiger partial charge in [-0.1, -0.05) is 23.2 Å². The van der Waals surface area contributed by atoms with Crippen LogP contribution < -0.4 is 9.44 Å². The molecule has 3 N–H and O–H groups in total. The molecule has 154 valence electrons. The molecular formula is C15H10Cl2N2O6S4. The molecule has 0 unspecified atom stereocenters. The smallest absolute Gasteiger partial charge is 0.335 e. The fourth-order valence-electron chi connectivity index (χ4n) is 2.13. The largest absolute Gasteiger partial charge is 0.478 e. The zero-order valence-corrected chi connectivity index (χ0v) is 18.7. The molecule has 3 rings (SSSR count). The van der Waals surface area contributed by atoms with Crippen LogP contribution in [0.15, 0.2) is 50.9 Å². The van der Waals surface area contributed by atoms with Gasteiger partial charge in [-0.25, -0.2) is 21.6 Å². The van der Waals surface area contributed by atoms with E-state index < -0.39 is 26.0 Å². The number of rotatable bonds is 7. The van der Waals surface area contributed by atoms with Crippen LogP contribution >= 0.6 is 45.9 Å². The monoisotopic (exact) mass is 512 g/mol. The molecule has 0 saturated carbocycles. The first-order valence-corrected chi connectivity index (χ1v) is 12.8. The molecule has 0 radical (unpaired) electrons. The molecule has 0 bridgehead atoms. The summed E-state index contributed by atoms with van der Waals surface area (Å²) in [6.07, 6.45) is 0. The van der Waals surface area contributed by atoms with Crippen molar-refractivity contribution in [3.05, 3.63) is 56.7 Å². The molecule has 8 nitrogen and oxygen atoms in total. The Morgan fingerprint density at radius 3 is 1.69 bits per heavy atom. The SMILES string of the molecule is O=C(O)c1ccc(NS(=O)(=O)c2ccc(Cl)s2)c(NS(=O)(=O)c2ccc(Cl)s2)c1. The van der Waals surface area contributed by atoms with Crippen LogP contribution in [0.3, 0.4) is 0 Å². The van der Waals surface area contributed by atoms with Gasteiger partial charge < -0.3 is 5.11 Å². The van der Waals surface area contributed by atoms with E-state index in [1.54, 1.807) is 0 Å². The molecule has 0 saturated heterocycles. The molecule has 0 fully saturated rings. The lowest BCUT2D eigenvalue weighted by atomic mass is 10.2. The Labute approximate surface area is 183 Å². The molecular weight excluding hydrogens is 503 g/mol. The Morgan fingerprint density at radius 2 is 1.28 bits per heavy atom. The normalized spacial score (nSPS) is 11.9. The molecule has 2 aromatic heterocycles. The van der Waals surface area contributed by atoms with Crippen LogP contribution in [0.1, 0.15) is 10.4 Å². The Morgan fingerprint density at radius 1 is 0.793 bits per heavy atom. The van der Waals surface area contributed by atoms with Crippen molar-refractivity contribution in [1.29, 1.82) is 0 Å². The minimum absolute atomic E-state index is 0.0938. The highest BCUT2D eigenvalue weighted by Gasteiger charge is 2.23. The Bertz CT molecular complexity index is 1300. The summed E-state index contributed by atoms with van der Waals surface area (Å²) in [7, 11) is -8.22. The first-order chi connectivity index (χ1) is 13.5. The first kappa shape index (κ1) is 21.9. The van der Waals surface area contributed by atoms with Crippen molar-refractivity contribution in [3.8, 4) is 0 Å². The van der Waals surface area contributed by atoms with Crippen LogP contribution in [-0.4, -0.2) is 27.9 Å². The van der Waals surface area contributed by atoms with E-state index in [-0.39, 0.29) is 34.0 Å². The van der Waals surface area contributed by atoms with Gasteiger partial charge in [0.05, 0.1) is 25.6 Å². The number of hydrogen-bond donors (Lipinski definition) is 3. The van der Waals surface area contributed by atoms with Gasteiger partial charge in [0.2, 0.25) is 0 Å². The van der Waals surface area contributed by atoms with Gasteiger partial charge in [-0.05, 0) is 42.5 Å². The minimum Gasteiger partial charge on any atom is -0.478 e. The van der Waals surface area contributed by atoms with Gasteiger partial charge in [-0.2, -0.15) is 0 Å². The number of carbonyl (C=O) groups is 1. The molecule has 0 atom stereocenters. The molecule has 0 aliphatic carbocycles. The number of benzene rings is 1. The summed E-state index contributed by atoms with van der Waals surface area (Å²) < 4.78 is 55.0. The van der Waals surface area contributed by atoms with E-state index in [9.17, 15) is 26.7 Å². The lowest BCUT2D eigenvalue weighted by Crippen LogP contribution is -2.17. The number of anilines is 2. The van der Waals surface area contributed by atoms with Gasteiger partial charge in [0, 0.05) is 0 Å². The summed E-state index contributed by atoms with van der Waals surface area (Å²) in [5, 5.41) is 9.19. The van der Waals surface area contributed by atoms with Crippen molar-refractivity contribution >= 4 is 83.3 Å². The third kappa shape index (κ3) is 5.02. The van der Waals surface area contributed by atoms with E-state index in [4.69, 9.17) is 23.2 Å². The molecule has 1 aromatic carbocycles. The summed E-state index contributed by atoms with van der Waals surface area (Å²) in [6, 6.07) is 8.65. The lowest BCUT2D eigenvalue weighted by molar-refractivity contribution is 0.0697. The topological polar surface area (TPSA) is 130 Å². The van der Waals surface area contributed by atoms with Crippen LogP contribution in [0.4, 0.5) is 11.4 Å². The average Bonchev–Trinajstić information content (AvgIpc) is 3.25. The second-order valence-corrected chi connectivity index (χ2v) is 12.6. The summed E-state index contributed by atoms with van der Waals surface area (Å²) in [6.45, 7) is 0. The number of halogens is 2. The second-order valence-electron chi connectivity index (χ2n) is 5.39. The van der Waals surface area contributed by atoms with Gasteiger partial charge in [-0.15, -0.1) is 22.7 Å². The predicted molar refractivity (Wildman–Crippen MR) is 114 cm³/mol. The van der Waals surface area contributed by atoms with E-state index in [1.165, 1.54) is 24.3 Å². The van der Waals surface area contributed by atoms with E-state index >= 15 is 0 Å². The fraction of sp³-hybridized carbons (Fsp3) is 0. The van der Waals surface area contributed by atoms with E-state index in [2.05, 4.69) is 9.44 Å². The lowest BCUT2D eigenvalue weighted by Gasteiger charge is -2.14. The zero-order valence-electron chi connectivity index (χ0n) is 13.9. The number of carboxylic acid groups (broad SMARTS) is 1. The van der Waals surface area contributed by atoms with Gasteiger partial charge in [0.1, 0.15) is 8.42 Å². The number of aromatic carboxylic acids is 1. The van der Waals surface area contributed by atoms with Crippen LogP contribution in [-0.2, 0) is 20.0 Å². The Hall–Kier alpha value is -1.83. The van der Waals surface area contributed by atoms with Gasteiger partial charge in [0.25, 0.3) is 20.0 Å². The molecule has 2 heterocycles. The molecule has 0 amide bonds. The van der Waals surface area contributed by atoms with Crippen LogP contribution in [0.25, 0.3) is 0 Å². The third-order valence-electron chi connectivity index (χ3n) is 3.38. The maximum absolute atomic E-state index is 12.6. The molecule has 29 heavy (non-hydrogen) atoms. The molecule has 0 spiro atoms. The second kappa shape index (κ2) is 8.13. The molecule has 0 aliphatic heterocycles. The Balaban J connectivity index is 2.03.